The van der Waals surface area contributed by atoms with E-state index >= 15 is 0 Å². The first kappa shape index (κ1) is 21.1. The van der Waals surface area contributed by atoms with Gasteiger partial charge in [0, 0.05) is 31.2 Å². The highest BCUT2D eigenvalue weighted by atomic mass is 32.2. The van der Waals surface area contributed by atoms with Gasteiger partial charge in [-0.05, 0) is 49.1 Å². The summed E-state index contributed by atoms with van der Waals surface area (Å²) >= 11 is 1.61. The molecule has 4 rings (SSSR count). The standard InChI is InChI=1S/C23H27F2N3OS/c1-15-14-27(12-5-10-20(15)26-30-2)23(29)28-13-11-16-6-3-7-17(22(16)28)21-18(24)8-4-9-19(21)25/h3-4,6-9,15,20,26H,5,10-14H2,1-2H3/t15-,20+/m1/s1. The van der Waals surface area contributed by atoms with E-state index in [1.807, 2.05) is 17.2 Å². The molecule has 2 amide bonds. The third-order valence-electron chi connectivity index (χ3n) is 6.14. The van der Waals surface area contributed by atoms with Gasteiger partial charge in [0.25, 0.3) is 0 Å². The smallest absolute Gasteiger partial charge is 0.324 e. The van der Waals surface area contributed by atoms with Gasteiger partial charge in [-0.1, -0.05) is 43.1 Å². The summed E-state index contributed by atoms with van der Waals surface area (Å²) in [5, 5.41) is 0. The number of hydrogen-bond donors (Lipinski definition) is 1. The van der Waals surface area contributed by atoms with E-state index in [1.54, 1.807) is 29.0 Å². The van der Waals surface area contributed by atoms with Crippen molar-refractivity contribution in [1.82, 2.24) is 9.62 Å². The molecule has 0 unspecified atom stereocenters. The number of anilines is 1. The average molecular weight is 432 g/mol. The van der Waals surface area contributed by atoms with Gasteiger partial charge in [0.1, 0.15) is 11.6 Å². The molecule has 2 aliphatic heterocycles. The molecule has 0 spiro atoms. The van der Waals surface area contributed by atoms with Crippen LogP contribution in [0.5, 0.6) is 0 Å². The van der Waals surface area contributed by atoms with Crippen molar-refractivity contribution in [3.63, 3.8) is 0 Å². The normalized spacial score (nSPS) is 21.5. The molecule has 1 saturated heterocycles. The number of fused-ring (bicyclic) bond motifs is 1. The van der Waals surface area contributed by atoms with E-state index in [0.29, 0.717) is 49.3 Å². The first-order valence-corrected chi connectivity index (χ1v) is 11.6. The quantitative estimate of drug-likeness (QED) is 0.689. The Balaban J connectivity index is 1.66. The van der Waals surface area contributed by atoms with E-state index < -0.39 is 11.6 Å². The fourth-order valence-corrected chi connectivity index (χ4v) is 5.28. The fraction of sp³-hybridized carbons (Fsp3) is 0.435. The van der Waals surface area contributed by atoms with Gasteiger partial charge in [-0.3, -0.25) is 9.62 Å². The van der Waals surface area contributed by atoms with E-state index in [9.17, 15) is 13.6 Å². The molecule has 4 nitrogen and oxygen atoms in total. The van der Waals surface area contributed by atoms with Crippen molar-refractivity contribution in [3.8, 4) is 11.1 Å². The second kappa shape index (κ2) is 8.94. The van der Waals surface area contributed by atoms with E-state index in [4.69, 9.17) is 0 Å². The van der Waals surface area contributed by atoms with Crippen LogP contribution in [-0.2, 0) is 6.42 Å². The topological polar surface area (TPSA) is 35.6 Å². The Labute approximate surface area is 180 Å². The number of nitrogens with zero attached hydrogens (tertiary/aromatic N) is 2. The lowest BCUT2D eigenvalue weighted by molar-refractivity contribution is 0.199. The van der Waals surface area contributed by atoms with E-state index in [1.165, 1.54) is 18.2 Å². The minimum Gasteiger partial charge on any atom is -0.324 e. The molecule has 2 atom stereocenters. The predicted molar refractivity (Wildman–Crippen MR) is 119 cm³/mol. The first-order chi connectivity index (χ1) is 14.5. The number of amides is 2. The lowest BCUT2D eigenvalue weighted by Gasteiger charge is -2.30. The maximum Gasteiger partial charge on any atom is 0.324 e. The molecule has 2 heterocycles. The monoisotopic (exact) mass is 431 g/mol. The Hall–Kier alpha value is -2.12. The minimum atomic E-state index is -0.614. The van der Waals surface area contributed by atoms with Crippen LogP contribution in [0.15, 0.2) is 36.4 Å². The number of urea groups is 1. The SMILES string of the molecule is CSN[C@H]1CCCN(C(=O)N2CCc3cccc(-c4c(F)cccc4F)c32)C[C@H]1C. The predicted octanol–water partition coefficient (Wildman–Crippen LogP) is 5.08. The largest absolute Gasteiger partial charge is 0.324 e. The van der Waals surface area contributed by atoms with Gasteiger partial charge in [0.15, 0.2) is 0 Å². The third-order valence-corrected chi connectivity index (χ3v) is 6.67. The Morgan fingerprint density at radius 2 is 1.87 bits per heavy atom. The molecule has 160 valence electrons. The minimum absolute atomic E-state index is 0.0671. The van der Waals surface area contributed by atoms with Crippen molar-refractivity contribution < 1.29 is 13.6 Å². The zero-order valence-corrected chi connectivity index (χ0v) is 18.1. The van der Waals surface area contributed by atoms with Crippen molar-refractivity contribution in [2.45, 2.75) is 32.2 Å². The van der Waals surface area contributed by atoms with Crippen LogP contribution in [0.2, 0.25) is 0 Å². The number of halogens is 2. The molecule has 0 bridgehead atoms. The average Bonchev–Trinajstić information content (AvgIpc) is 3.08. The van der Waals surface area contributed by atoms with Crippen molar-refractivity contribution in [2.75, 3.05) is 30.8 Å². The van der Waals surface area contributed by atoms with E-state index in [-0.39, 0.29) is 11.6 Å². The second-order valence-corrected chi connectivity index (χ2v) is 8.73. The summed E-state index contributed by atoms with van der Waals surface area (Å²) in [4.78, 5) is 17.1. The van der Waals surface area contributed by atoms with Gasteiger partial charge < -0.3 is 4.90 Å². The molecule has 1 N–H and O–H groups in total. The lowest BCUT2D eigenvalue weighted by Crippen LogP contribution is -2.45. The molecule has 30 heavy (non-hydrogen) atoms. The summed E-state index contributed by atoms with van der Waals surface area (Å²) < 4.78 is 32.5. The molecule has 7 heteroatoms. The third kappa shape index (κ3) is 3.93. The maximum atomic E-state index is 14.5. The summed E-state index contributed by atoms with van der Waals surface area (Å²) in [7, 11) is 0. The number of carbonyl (C=O) groups is 1. The van der Waals surface area contributed by atoms with Crippen molar-refractivity contribution >= 4 is 23.7 Å². The highest BCUT2D eigenvalue weighted by Gasteiger charge is 2.34. The van der Waals surface area contributed by atoms with Crippen LogP contribution in [0.1, 0.15) is 25.3 Å². The Morgan fingerprint density at radius 1 is 1.13 bits per heavy atom. The summed E-state index contributed by atoms with van der Waals surface area (Å²) in [5.74, 6) is -0.903. The van der Waals surface area contributed by atoms with Gasteiger partial charge in [-0.25, -0.2) is 13.6 Å². The number of hydrogen-bond acceptors (Lipinski definition) is 3. The van der Waals surface area contributed by atoms with Crippen LogP contribution >= 0.6 is 11.9 Å². The molecule has 0 aliphatic carbocycles. The number of para-hydroxylation sites is 1. The number of benzene rings is 2. The van der Waals surface area contributed by atoms with Crippen LogP contribution in [0.3, 0.4) is 0 Å². The number of nitrogens with one attached hydrogen (secondary N) is 1. The summed E-state index contributed by atoms with van der Waals surface area (Å²) in [5.41, 5.74) is 1.97. The first-order valence-electron chi connectivity index (χ1n) is 10.4. The van der Waals surface area contributed by atoms with Crippen molar-refractivity contribution in [2.24, 2.45) is 5.92 Å². The van der Waals surface area contributed by atoms with Crippen LogP contribution in [0.4, 0.5) is 19.3 Å². The van der Waals surface area contributed by atoms with E-state index in [0.717, 1.165) is 18.4 Å². The van der Waals surface area contributed by atoms with Gasteiger partial charge >= 0.3 is 6.03 Å². The van der Waals surface area contributed by atoms with Gasteiger partial charge in [-0.2, -0.15) is 0 Å². The Morgan fingerprint density at radius 3 is 2.60 bits per heavy atom. The zero-order valence-electron chi connectivity index (χ0n) is 17.3. The highest BCUT2D eigenvalue weighted by Crippen LogP contribution is 2.40. The molecule has 0 radical (unpaired) electrons. The summed E-state index contributed by atoms with van der Waals surface area (Å²) in [6, 6.07) is 9.62. The van der Waals surface area contributed by atoms with Crippen LogP contribution in [-0.4, -0.2) is 42.9 Å². The second-order valence-electron chi connectivity index (χ2n) is 8.09. The fourth-order valence-electron chi connectivity index (χ4n) is 4.63. The molecular weight excluding hydrogens is 404 g/mol. The number of carbonyl (C=O) groups excluding carboxylic acids is 1. The van der Waals surface area contributed by atoms with E-state index in [2.05, 4.69) is 11.6 Å². The maximum absolute atomic E-state index is 14.5. The number of likely N-dealkylation sites (tertiary alicyclic amines) is 1. The molecule has 1 fully saturated rings. The van der Waals surface area contributed by atoms with Gasteiger partial charge in [0.05, 0.1) is 11.3 Å². The molecule has 0 saturated carbocycles. The van der Waals surface area contributed by atoms with Crippen molar-refractivity contribution in [1.29, 1.82) is 0 Å². The van der Waals surface area contributed by atoms with Crippen LogP contribution in [0, 0.1) is 17.6 Å². The zero-order chi connectivity index (χ0) is 21.3. The van der Waals surface area contributed by atoms with Gasteiger partial charge in [-0.15, -0.1) is 0 Å². The molecule has 2 aromatic rings. The molecular formula is C23H27F2N3OS. The molecule has 2 aromatic carbocycles. The lowest BCUT2D eigenvalue weighted by atomic mass is 9.99. The summed E-state index contributed by atoms with van der Waals surface area (Å²) in [6.45, 7) is 4.05. The Bertz CT molecular complexity index is 918. The Kier molecular flexibility index (Phi) is 6.29. The molecule has 2 aliphatic rings. The number of rotatable bonds is 3. The molecule has 0 aromatic heterocycles. The highest BCUT2D eigenvalue weighted by molar-refractivity contribution is 7.96. The van der Waals surface area contributed by atoms with Gasteiger partial charge in [0.2, 0.25) is 0 Å². The summed E-state index contributed by atoms with van der Waals surface area (Å²) in [6.07, 6.45) is 4.66. The van der Waals surface area contributed by atoms with Crippen molar-refractivity contribution in [3.05, 3.63) is 53.6 Å². The van der Waals surface area contributed by atoms with Crippen LogP contribution in [0.25, 0.3) is 11.1 Å². The van der Waals surface area contributed by atoms with Crippen LogP contribution < -0.4 is 9.62 Å².